The van der Waals surface area contributed by atoms with Gasteiger partial charge in [0.25, 0.3) is 0 Å². The van der Waals surface area contributed by atoms with Gasteiger partial charge in [-0.05, 0) is 19.1 Å². The highest BCUT2D eigenvalue weighted by molar-refractivity contribution is 5.70. The number of benzene rings is 1. The number of rotatable bonds is 3. The van der Waals surface area contributed by atoms with Crippen molar-refractivity contribution >= 4 is 5.97 Å². The van der Waals surface area contributed by atoms with E-state index in [1.165, 1.54) is 6.92 Å². The third-order valence-electron chi connectivity index (χ3n) is 2.48. The lowest BCUT2D eigenvalue weighted by molar-refractivity contribution is -0.136. The van der Waals surface area contributed by atoms with E-state index in [1.807, 2.05) is 0 Å². The molecule has 0 aliphatic heterocycles. The number of aliphatic carboxylic acids is 1. The molecule has 0 aliphatic rings. The number of carboxylic acid groups (broad SMARTS) is 1. The van der Waals surface area contributed by atoms with E-state index in [0.717, 1.165) is 12.1 Å². The van der Waals surface area contributed by atoms with Gasteiger partial charge in [-0.3, -0.25) is 4.79 Å². The summed E-state index contributed by atoms with van der Waals surface area (Å²) in [5.74, 6) is -5.62. The number of aromatic nitrogens is 1. The van der Waals surface area contributed by atoms with Crippen molar-refractivity contribution in [2.24, 2.45) is 0 Å². The van der Waals surface area contributed by atoms with Crippen molar-refractivity contribution in [2.75, 3.05) is 0 Å². The highest BCUT2D eigenvalue weighted by atomic mass is 19.2. The predicted molar refractivity (Wildman–Crippen MR) is 57.9 cm³/mol. The summed E-state index contributed by atoms with van der Waals surface area (Å²) in [6.45, 7) is 1.45. The lowest BCUT2D eigenvalue weighted by atomic mass is 10.2. The minimum Gasteiger partial charge on any atom is -0.481 e. The van der Waals surface area contributed by atoms with Crippen molar-refractivity contribution in [1.82, 2.24) is 4.98 Å². The Bertz CT molecular complexity index is 652. The van der Waals surface area contributed by atoms with E-state index in [4.69, 9.17) is 9.52 Å². The van der Waals surface area contributed by atoms with Crippen LogP contribution in [0, 0.1) is 24.4 Å². The lowest BCUT2D eigenvalue weighted by Crippen LogP contribution is -2.01. The molecule has 0 saturated heterocycles. The standard InChI is InChI=1S/C12H8F3NO3/c1-5-8(4-9(17)18)16-12(19-5)6-2-3-7(13)11(15)10(6)14/h2-3H,4H2,1H3,(H,17,18). The predicted octanol–water partition coefficient (Wildman–Crippen LogP) is 2.69. The first-order valence-corrected chi connectivity index (χ1v) is 5.22. The second-order valence-corrected chi connectivity index (χ2v) is 3.82. The van der Waals surface area contributed by atoms with Gasteiger partial charge in [0.2, 0.25) is 5.89 Å². The molecule has 0 unspecified atom stereocenters. The van der Waals surface area contributed by atoms with Crippen molar-refractivity contribution in [3.8, 4) is 11.5 Å². The number of hydrogen-bond acceptors (Lipinski definition) is 3. The third kappa shape index (κ3) is 2.44. The molecule has 1 aromatic carbocycles. The van der Waals surface area contributed by atoms with Crippen LogP contribution in [0.3, 0.4) is 0 Å². The van der Waals surface area contributed by atoms with Crippen LogP contribution in [0.2, 0.25) is 0 Å². The van der Waals surface area contributed by atoms with Gasteiger partial charge in [-0.15, -0.1) is 0 Å². The summed E-state index contributed by atoms with van der Waals surface area (Å²) >= 11 is 0. The van der Waals surface area contributed by atoms with Crippen LogP contribution in [0.5, 0.6) is 0 Å². The molecule has 0 fully saturated rings. The largest absolute Gasteiger partial charge is 0.481 e. The summed E-state index contributed by atoms with van der Waals surface area (Å²) in [6.07, 6.45) is -0.402. The zero-order valence-corrected chi connectivity index (χ0v) is 9.71. The van der Waals surface area contributed by atoms with Crippen molar-refractivity contribution < 1.29 is 27.5 Å². The van der Waals surface area contributed by atoms with Gasteiger partial charge >= 0.3 is 5.97 Å². The van der Waals surface area contributed by atoms with Crippen molar-refractivity contribution in [3.63, 3.8) is 0 Å². The Hall–Kier alpha value is -2.31. The number of hydrogen-bond donors (Lipinski definition) is 1. The van der Waals surface area contributed by atoms with Crippen molar-refractivity contribution in [1.29, 1.82) is 0 Å². The zero-order valence-electron chi connectivity index (χ0n) is 9.71. The van der Waals surface area contributed by atoms with Gasteiger partial charge in [-0.25, -0.2) is 18.2 Å². The molecule has 0 saturated carbocycles. The first kappa shape index (κ1) is 13.1. The lowest BCUT2D eigenvalue weighted by Gasteiger charge is -2.00. The Morgan fingerprint density at radius 3 is 2.63 bits per heavy atom. The van der Waals surface area contributed by atoms with Gasteiger partial charge < -0.3 is 9.52 Å². The summed E-state index contributed by atoms with van der Waals surface area (Å²) in [6, 6.07) is 1.72. The molecule has 2 aromatic rings. The second-order valence-electron chi connectivity index (χ2n) is 3.82. The Morgan fingerprint density at radius 2 is 2.00 bits per heavy atom. The van der Waals surface area contributed by atoms with Gasteiger partial charge in [-0.2, -0.15) is 0 Å². The van der Waals surface area contributed by atoms with E-state index >= 15 is 0 Å². The van der Waals surface area contributed by atoms with Crippen LogP contribution in [-0.4, -0.2) is 16.1 Å². The Labute approximate surface area is 105 Å². The molecule has 100 valence electrons. The van der Waals surface area contributed by atoms with Crippen LogP contribution in [0.1, 0.15) is 11.5 Å². The molecular weight excluding hydrogens is 263 g/mol. The number of oxazole rings is 1. The maximum absolute atomic E-state index is 13.5. The average molecular weight is 271 g/mol. The summed E-state index contributed by atoms with van der Waals surface area (Å²) in [5.41, 5.74) is -0.259. The molecule has 1 heterocycles. The van der Waals surface area contributed by atoms with Crippen LogP contribution in [0.15, 0.2) is 16.5 Å². The molecule has 7 heteroatoms. The highest BCUT2D eigenvalue weighted by Crippen LogP contribution is 2.27. The van der Waals surface area contributed by atoms with Gasteiger partial charge in [0, 0.05) is 0 Å². The molecule has 0 bridgehead atoms. The van der Waals surface area contributed by atoms with Crippen molar-refractivity contribution in [3.05, 3.63) is 41.0 Å². The molecule has 0 atom stereocenters. The molecule has 0 radical (unpaired) electrons. The van der Waals surface area contributed by atoms with Gasteiger partial charge in [0.1, 0.15) is 5.76 Å². The van der Waals surface area contributed by atoms with Gasteiger partial charge in [0.15, 0.2) is 17.5 Å². The molecule has 1 N–H and O–H groups in total. The van der Waals surface area contributed by atoms with E-state index < -0.39 is 29.8 Å². The van der Waals surface area contributed by atoms with Gasteiger partial charge in [-0.1, -0.05) is 0 Å². The maximum atomic E-state index is 13.5. The van der Waals surface area contributed by atoms with E-state index in [1.54, 1.807) is 0 Å². The van der Waals surface area contributed by atoms with Gasteiger partial charge in [0.05, 0.1) is 17.7 Å². The van der Waals surface area contributed by atoms with E-state index in [0.29, 0.717) is 0 Å². The molecule has 2 rings (SSSR count). The smallest absolute Gasteiger partial charge is 0.309 e. The fourth-order valence-electron chi connectivity index (χ4n) is 1.54. The maximum Gasteiger partial charge on any atom is 0.309 e. The monoisotopic (exact) mass is 271 g/mol. The Kier molecular flexibility index (Phi) is 3.28. The topological polar surface area (TPSA) is 63.3 Å². The summed E-state index contributed by atoms with van der Waals surface area (Å²) < 4.78 is 44.5. The highest BCUT2D eigenvalue weighted by Gasteiger charge is 2.20. The third-order valence-corrected chi connectivity index (χ3v) is 2.48. The molecule has 4 nitrogen and oxygen atoms in total. The van der Waals surface area contributed by atoms with Crippen LogP contribution < -0.4 is 0 Å². The minimum absolute atomic E-state index is 0.103. The molecule has 19 heavy (non-hydrogen) atoms. The number of aryl methyl sites for hydroxylation is 1. The number of carboxylic acids is 1. The van der Waals surface area contributed by atoms with E-state index in [-0.39, 0.29) is 22.9 Å². The average Bonchev–Trinajstić information content (AvgIpc) is 2.67. The molecular formula is C12H8F3NO3. The van der Waals surface area contributed by atoms with Crippen LogP contribution in [0.4, 0.5) is 13.2 Å². The van der Waals surface area contributed by atoms with Crippen molar-refractivity contribution in [2.45, 2.75) is 13.3 Å². The summed E-state index contributed by atoms with van der Waals surface area (Å²) in [4.78, 5) is 14.3. The number of carbonyl (C=O) groups is 1. The Morgan fingerprint density at radius 1 is 1.32 bits per heavy atom. The fourth-order valence-corrected chi connectivity index (χ4v) is 1.54. The van der Waals surface area contributed by atoms with E-state index in [9.17, 15) is 18.0 Å². The van der Waals surface area contributed by atoms with Crippen LogP contribution >= 0.6 is 0 Å². The zero-order chi connectivity index (χ0) is 14.2. The number of halogens is 3. The number of nitrogens with zero attached hydrogens (tertiary/aromatic N) is 1. The normalized spacial score (nSPS) is 10.7. The summed E-state index contributed by atoms with van der Waals surface area (Å²) in [7, 11) is 0. The minimum atomic E-state index is -1.63. The summed E-state index contributed by atoms with van der Waals surface area (Å²) in [5, 5.41) is 8.64. The van der Waals surface area contributed by atoms with E-state index in [2.05, 4.69) is 4.98 Å². The van der Waals surface area contributed by atoms with Crippen LogP contribution in [-0.2, 0) is 11.2 Å². The quantitative estimate of drug-likeness (QED) is 0.872. The fraction of sp³-hybridized carbons (Fsp3) is 0.167. The SMILES string of the molecule is Cc1oc(-c2ccc(F)c(F)c2F)nc1CC(=O)O. The Balaban J connectivity index is 2.48. The molecule has 0 aliphatic carbocycles. The van der Waals surface area contributed by atoms with Crippen LogP contribution in [0.25, 0.3) is 11.5 Å². The molecule has 0 amide bonds. The first-order valence-electron chi connectivity index (χ1n) is 5.22. The molecule has 0 spiro atoms. The second kappa shape index (κ2) is 4.75. The first-order chi connectivity index (χ1) is 8.90. The molecule has 1 aromatic heterocycles.